The molecule has 0 aliphatic carbocycles. The van der Waals surface area contributed by atoms with Gasteiger partial charge in [-0.1, -0.05) is 12.1 Å². The predicted molar refractivity (Wildman–Crippen MR) is 50.5 cm³/mol. The number of benzene rings is 1. The van der Waals surface area contributed by atoms with E-state index in [1.165, 1.54) is 24.7 Å². The van der Waals surface area contributed by atoms with Gasteiger partial charge in [0, 0.05) is 12.6 Å². The minimum absolute atomic E-state index is 0.0654. The van der Waals surface area contributed by atoms with Crippen molar-refractivity contribution in [3.63, 3.8) is 0 Å². The summed E-state index contributed by atoms with van der Waals surface area (Å²) < 4.78 is 0. The van der Waals surface area contributed by atoms with Gasteiger partial charge in [-0.25, -0.2) is 0 Å². The molecule has 0 saturated carbocycles. The molecule has 73 valence electrons. The van der Waals surface area contributed by atoms with Gasteiger partial charge in [-0.15, -0.1) is 0 Å². The van der Waals surface area contributed by atoms with Crippen LogP contribution in [0.1, 0.15) is 17.3 Å². The summed E-state index contributed by atoms with van der Waals surface area (Å²) in [5, 5.41) is 12.9. The normalized spacial score (nSPS) is 9.50. The number of carbonyl (C=O) groups is 1. The van der Waals surface area contributed by atoms with E-state index in [2.05, 4.69) is 5.32 Å². The number of hydrogen-bond donors (Lipinski definition) is 1. The highest BCUT2D eigenvalue weighted by Gasteiger charge is 2.17. The van der Waals surface area contributed by atoms with Gasteiger partial charge in [0.25, 0.3) is 11.6 Å². The Bertz CT molecular complexity index is 363. The Hall–Kier alpha value is -1.91. The zero-order chi connectivity index (χ0) is 10.6. The first-order valence-electron chi connectivity index (χ1n) is 3.99. The van der Waals surface area contributed by atoms with Crippen molar-refractivity contribution in [2.24, 2.45) is 0 Å². The number of nitro groups is 1. The van der Waals surface area contributed by atoms with E-state index in [0.29, 0.717) is 0 Å². The Balaban J connectivity index is 3.07. The fourth-order valence-electron chi connectivity index (χ4n) is 1.03. The minimum Gasteiger partial charge on any atom is -0.347 e. The largest absolute Gasteiger partial charge is 0.347 e. The lowest BCUT2D eigenvalue weighted by Crippen LogP contribution is -2.20. The van der Waals surface area contributed by atoms with Crippen LogP contribution in [0.15, 0.2) is 24.3 Å². The van der Waals surface area contributed by atoms with Crippen molar-refractivity contribution < 1.29 is 9.72 Å². The first kappa shape index (κ1) is 10.2. The minimum atomic E-state index is -0.579. The van der Waals surface area contributed by atoms with Gasteiger partial charge >= 0.3 is 0 Å². The van der Waals surface area contributed by atoms with Crippen molar-refractivity contribution in [1.82, 2.24) is 5.32 Å². The molecule has 0 atom stereocenters. The first-order valence-corrected chi connectivity index (χ1v) is 3.99. The molecule has 0 unspecified atom stereocenters. The number of amides is 1. The van der Waals surface area contributed by atoms with Crippen LogP contribution < -0.4 is 5.32 Å². The van der Waals surface area contributed by atoms with Gasteiger partial charge in [0.2, 0.25) is 0 Å². The highest BCUT2D eigenvalue weighted by Crippen LogP contribution is 2.17. The summed E-state index contributed by atoms with van der Waals surface area (Å²) in [4.78, 5) is 21.3. The van der Waals surface area contributed by atoms with Crippen LogP contribution >= 0.6 is 0 Å². The third-order valence-corrected chi connectivity index (χ3v) is 1.62. The second-order valence-electron chi connectivity index (χ2n) is 2.54. The van der Waals surface area contributed by atoms with Crippen LogP contribution in [0.4, 0.5) is 5.69 Å². The molecule has 5 nitrogen and oxygen atoms in total. The van der Waals surface area contributed by atoms with Gasteiger partial charge in [0.05, 0.1) is 4.92 Å². The summed E-state index contributed by atoms with van der Waals surface area (Å²) in [6.07, 6.45) is 0. The summed E-state index contributed by atoms with van der Waals surface area (Å²) >= 11 is 0. The molecular weight excluding hydrogens is 184 g/mol. The fraction of sp³-hybridized carbons (Fsp3) is 0.111. The van der Waals surface area contributed by atoms with Gasteiger partial charge in [-0.3, -0.25) is 14.9 Å². The van der Waals surface area contributed by atoms with Crippen LogP contribution in [0, 0.1) is 16.7 Å². The average Bonchev–Trinajstić information content (AvgIpc) is 2.18. The van der Waals surface area contributed by atoms with Crippen molar-refractivity contribution in [2.75, 3.05) is 0 Å². The molecule has 14 heavy (non-hydrogen) atoms. The molecular formula is C9H9N2O3. The van der Waals surface area contributed by atoms with Crippen LogP contribution in [-0.4, -0.2) is 10.8 Å². The molecule has 0 saturated heterocycles. The summed E-state index contributed by atoms with van der Waals surface area (Å²) in [7, 11) is 0. The number of carbonyl (C=O) groups excluding carboxylic acids is 1. The molecule has 1 N–H and O–H groups in total. The summed E-state index contributed by atoms with van der Waals surface area (Å²) in [6, 6.07) is 5.81. The summed E-state index contributed by atoms with van der Waals surface area (Å²) in [5.41, 5.74) is -0.123. The second kappa shape index (κ2) is 4.36. The molecule has 1 amide bonds. The van der Waals surface area contributed by atoms with Crippen LogP contribution in [-0.2, 0) is 0 Å². The van der Waals surface area contributed by atoms with E-state index in [0.717, 1.165) is 0 Å². The maximum Gasteiger partial charge on any atom is 0.282 e. The van der Waals surface area contributed by atoms with Gasteiger partial charge in [-0.2, -0.15) is 0 Å². The number of rotatable bonds is 3. The molecule has 0 fully saturated rings. The highest BCUT2D eigenvalue weighted by atomic mass is 16.6. The molecule has 5 heteroatoms. The Labute approximate surface area is 80.9 Å². The number of nitrogens with one attached hydrogen (secondary N) is 1. The monoisotopic (exact) mass is 193 g/mol. The van der Waals surface area contributed by atoms with E-state index < -0.39 is 10.8 Å². The Morgan fingerprint density at radius 1 is 1.50 bits per heavy atom. The van der Waals surface area contributed by atoms with Crippen molar-refractivity contribution >= 4 is 11.6 Å². The van der Waals surface area contributed by atoms with Crippen LogP contribution in [0.5, 0.6) is 0 Å². The Morgan fingerprint density at radius 2 is 2.14 bits per heavy atom. The maximum absolute atomic E-state index is 11.3. The molecule has 0 aromatic heterocycles. The standard InChI is InChI=1S/C9H9N2O3/c1-2-10-9(12)7-5-3-4-6-8(7)11(13)14/h2-6H,1H3,(H,10,12). The molecule has 0 heterocycles. The first-order chi connectivity index (χ1) is 6.66. The molecule has 0 aliphatic rings. The second-order valence-corrected chi connectivity index (χ2v) is 2.54. The van der Waals surface area contributed by atoms with E-state index >= 15 is 0 Å². The van der Waals surface area contributed by atoms with Crippen molar-refractivity contribution in [2.45, 2.75) is 6.92 Å². The maximum atomic E-state index is 11.3. The lowest BCUT2D eigenvalue weighted by Gasteiger charge is -2.01. The van der Waals surface area contributed by atoms with E-state index in [1.54, 1.807) is 13.0 Å². The molecule has 0 bridgehead atoms. The Kier molecular flexibility index (Phi) is 3.17. The van der Waals surface area contributed by atoms with E-state index in [4.69, 9.17) is 0 Å². The lowest BCUT2D eigenvalue weighted by atomic mass is 10.1. The molecule has 1 rings (SSSR count). The molecule has 1 radical (unpaired) electrons. The third kappa shape index (κ3) is 2.07. The number of nitrogens with zero attached hydrogens (tertiary/aromatic N) is 1. The molecule has 1 aromatic rings. The molecule has 1 aromatic carbocycles. The number of para-hydroxylation sites is 1. The van der Waals surface area contributed by atoms with Crippen molar-refractivity contribution in [3.05, 3.63) is 46.5 Å². The van der Waals surface area contributed by atoms with E-state index in [-0.39, 0.29) is 11.3 Å². The van der Waals surface area contributed by atoms with Crippen LogP contribution in [0.25, 0.3) is 0 Å². The van der Waals surface area contributed by atoms with Crippen LogP contribution in [0.3, 0.4) is 0 Å². The van der Waals surface area contributed by atoms with Gasteiger partial charge in [0.1, 0.15) is 5.56 Å². The summed E-state index contributed by atoms with van der Waals surface area (Å²) in [5.74, 6) is -0.472. The number of nitro benzene ring substituents is 1. The quantitative estimate of drug-likeness (QED) is 0.584. The number of hydrogen-bond acceptors (Lipinski definition) is 3. The molecule has 0 spiro atoms. The molecule has 0 aliphatic heterocycles. The van der Waals surface area contributed by atoms with Gasteiger partial charge in [-0.05, 0) is 13.0 Å². The zero-order valence-corrected chi connectivity index (χ0v) is 7.56. The third-order valence-electron chi connectivity index (χ3n) is 1.62. The van der Waals surface area contributed by atoms with Crippen LogP contribution in [0.2, 0.25) is 0 Å². The predicted octanol–water partition coefficient (Wildman–Crippen LogP) is 1.51. The zero-order valence-electron chi connectivity index (χ0n) is 7.56. The average molecular weight is 193 g/mol. The van der Waals surface area contributed by atoms with Crippen molar-refractivity contribution in [1.29, 1.82) is 0 Å². The highest BCUT2D eigenvalue weighted by molar-refractivity contribution is 5.98. The van der Waals surface area contributed by atoms with Gasteiger partial charge < -0.3 is 5.32 Å². The summed E-state index contributed by atoms with van der Waals surface area (Å²) in [6.45, 7) is 3.06. The smallest absolute Gasteiger partial charge is 0.282 e. The lowest BCUT2D eigenvalue weighted by molar-refractivity contribution is -0.385. The Morgan fingerprint density at radius 3 is 2.71 bits per heavy atom. The van der Waals surface area contributed by atoms with E-state index in [9.17, 15) is 14.9 Å². The fourth-order valence-corrected chi connectivity index (χ4v) is 1.03. The SMILES string of the molecule is C[CH]NC(=O)c1ccccc1[N+](=O)[O-]. The van der Waals surface area contributed by atoms with E-state index in [1.807, 2.05) is 0 Å². The topological polar surface area (TPSA) is 72.2 Å². The van der Waals surface area contributed by atoms with Crippen molar-refractivity contribution in [3.8, 4) is 0 Å². The van der Waals surface area contributed by atoms with Gasteiger partial charge in [0.15, 0.2) is 0 Å².